The smallest absolute Gasteiger partial charge is 0.0410 e. The molecule has 2 N–H and O–H groups in total. The van der Waals surface area contributed by atoms with Gasteiger partial charge in [0.05, 0.1) is 0 Å². The van der Waals surface area contributed by atoms with Gasteiger partial charge in [0.15, 0.2) is 0 Å². The Bertz CT molecular complexity index is 299. The molecule has 0 atom stereocenters. The maximum absolute atomic E-state index is 5.89. The van der Waals surface area contributed by atoms with Gasteiger partial charge in [0, 0.05) is 10.7 Å². The zero-order valence-corrected chi connectivity index (χ0v) is 9.15. The lowest BCUT2D eigenvalue weighted by atomic mass is 9.87. The van der Waals surface area contributed by atoms with Gasteiger partial charge in [0.25, 0.3) is 0 Å². The van der Waals surface area contributed by atoms with Crippen molar-refractivity contribution >= 4 is 17.3 Å². The van der Waals surface area contributed by atoms with E-state index < -0.39 is 0 Å². The van der Waals surface area contributed by atoms with Crippen molar-refractivity contribution in [3.8, 4) is 0 Å². The van der Waals surface area contributed by atoms with Crippen LogP contribution in [0.25, 0.3) is 0 Å². The fourth-order valence-corrected chi connectivity index (χ4v) is 1.49. The van der Waals surface area contributed by atoms with E-state index in [1.807, 2.05) is 18.2 Å². The normalized spacial score (nSPS) is 11.7. The molecular formula is C11H16ClN. The Balaban J connectivity index is 2.94. The maximum Gasteiger partial charge on any atom is 0.0410 e. The summed E-state index contributed by atoms with van der Waals surface area (Å²) in [6.07, 6.45) is 0.958. The second-order valence-corrected chi connectivity index (χ2v) is 5.02. The van der Waals surface area contributed by atoms with Crippen LogP contribution in [-0.2, 0) is 6.42 Å². The van der Waals surface area contributed by atoms with Gasteiger partial charge in [0.2, 0.25) is 0 Å². The van der Waals surface area contributed by atoms with Gasteiger partial charge in [-0.25, -0.2) is 0 Å². The Hall–Kier alpha value is -0.690. The molecule has 0 amide bonds. The van der Waals surface area contributed by atoms with E-state index in [4.69, 9.17) is 17.3 Å². The van der Waals surface area contributed by atoms with Gasteiger partial charge >= 0.3 is 0 Å². The second-order valence-electron chi connectivity index (χ2n) is 4.58. The molecule has 0 aliphatic carbocycles. The van der Waals surface area contributed by atoms with Gasteiger partial charge in [-0.1, -0.05) is 32.4 Å². The van der Waals surface area contributed by atoms with Gasteiger partial charge in [-0.2, -0.15) is 0 Å². The summed E-state index contributed by atoms with van der Waals surface area (Å²) in [7, 11) is 0. The Morgan fingerprint density at radius 1 is 1.31 bits per heavy atom. The summed E-state index contributed by atoms with van der Waals surface area (Å²) in [6, 6.07) is 5.63. The van der Waals surface area contributed by atoms with E-state index in [-0.39, 0.29) is 5.41 Å². The van der Waals surface area contributed by atoms with Crippen LogP contribution in [0.2, 0.25) is 5.02 Å². The van der Waals surface area contributed by atoms with Crippen molar-refractivity contribution < 1.29 is 0 Å². The number of anilines is 1. The first-order chi connectivity index (χ1) is 5.88. The lowest BCUT2D eigenvalue weighted by molar-refractivity contribution is 0.412. The molecule has 0 aliphatic rings. The highest BCUT2D eigenvalue weighted by atomic mass is 35.5. The van der Waals surface area contributed by atoms with Crippen LogP contribution in [0.5, 0.6) is 0 Å². The fourth-order valence-electron chi connectivity index (χ4n) is 1.30. The number of halogens is 1. The van der Waals surface area contributed by atoms with Crippen molar-refractivity contribution in [1.29, 1.82) is 0 Å². The highest BCUT2D eigenvalue weighted by Gasteiger charge is 2.13. The first-order valence-electron chi connectivity index (χ1n) is 4.42. The molecule has 1 aromatic rings. The van der Waals surface area contributed by atoms with Crippen LogP contribution in [-0.4, -0.2) is 0 Å². The molecule has 0 saturated carbocycles. The van der Waals surface area contributed by atoms with E-state index in [0.717, 1.165) is 22.7 Å². The number of nitrogens with two attached hydrogens (primary N) is 1. The first-order valence-corrected chi connectivity index (χ1v) is 4.80. The van der Waals surface area contributed by atoms with Crippen molar-refractivity contribution in [3.05, 3.63) is 28.8 Å². The number of nitrogen functional groups attached to an aromatic ring is 1. The molecule has 0 unspecified atom stereocenters. The highest BCUT2D eigenvalue weighted by molar-refractivity contribution is 6.30. The molecular weight excluding hydrogens is 182 g/mol. The Morgan fingerprint density at radius 2 is 1.92 bits per heavy atom. The van der Waals surface area contributed by atoms with E-state index in [1.54, 1.807) is 0 Å². The quantitative estimate of drug-likeness (QED) is 0.686. The average molecular weight is 198 g/mol. The largest absolute Gasteiger partial charge is 0.399 e. The Morgan fingerprint density at radius 3 is 2.46 bits per heavy atom. The van der Waals surface area contributed by atoms with E-state index in [1.165, 1.54) is 0 Å². The molecule has 1 nitrogen and oxygen atoms in total. The van der Waals surface area contributed by atoms with Gasteiger partial charge in [-0.05, 0) is 35.6 Å². The average Bonchev–Trinajstić information content (AvgIpc) is 1.94. The molecule has 72 valence electrons. The van der Waals surface area contributed by atoms with Crippen LogP contribution in [0.15, 0.2) is 18.2 Å². The van der Waals surface area contributed by atoms with Crippen LogP contribution in [0.4, 0.5) is 5.69 Å². The minimum atomic E-state index is 0.249. The lowest BCUT2D eigenvalue weighted by Gasteiger charge is -2.19. The topological polar surface area (TPSA) is 26.0 Å². The highest BCUT2D eigenvalue weighted by Crippen LogP contribution is 2.26. The van der Waals surface area contributed by atoms with Crippen molar-refractivity contribution in [3.63, 3.8) is 0 Å². The van der Waals surface area contributed by atoms with Crippen molar-refractivity contribution in [2.24, 2.45) is 5.41 Å². The van der Waals surface area contributed by atoms with Gasteiger partial charge in [-0.3, -0.25) is 0 Å². The molecule has 0 radical (unpaired) electrons. The molecule has 0 saturated heterocycles. The molecule has 0 fully saturated rings. The molecule has 1 rings (SSSR count). The zero-order valence-electron chi connectivity index (χ0n) is 8.39. The van der Waals surface area contributed by atoms with E-state index >= 15 is 0 Å². The van der Waals surface area contributed by atoms with Crippen molar-refractivity contribution in [2.75, 3.05) is 5.73 Å². The van der Waals surface area contributed by atoms with Crippen molar-refractivity contribution in [1.82, 2.24) is 0 Å². The molecule has 0 aliphatic heterocycles. The van der Waals surface area contributed by atoms with Gasteiger partial charge in [-0.15, -0.1) is 0 Å². The summed E-state index contributed by atoms with van der Waals surface area (Å²) in [5.74, 6) is 0. The summed E-state index contributed by atoms with van der Waals surface area (Å²) in [6.45, 7) is 6.56. The molecule has 1 aromatic carbocycles. The van der Waals surface area contributed by atoms with Crippen LogP contribution in [0.1, 0.15) is 26.3 Å². The van der Waals surface area contributed by atoms with Gasteiger partial charge in [0.1, 0.15) is 0 Å². The third-order valence-electron chi connectivity index (χ3n) is 1.83. The van der Waals surface area contributed by atoms with Crippen LogP contribution in [0, 0.1) is 5.41 Å². The molecule has 0 bridgehead atoms. The summed E-state index contributed by atoms with van der Waals surface area (Å²) in [5, 5.41) is 0.758. The number of hydrogen-bond donors (Lipinski definition) is 1. The SMILES string of the molecule is CC(C)(C)Cc1cc(Cl)ccc1N. The summed E-state index contributed by atoms with van der Waals surface area (Å²) in [4.78, 5) is 0. The van der Waals surface area contributed by atoms with Crippen LogP contribution < -0.4 is 5.73 Å². The predicted octanol–water partition coefficient (Wildman–Crippen LogP) is 3.51. The van der Waals surface area contributed by atoms with Crippen molar-refractivity contribution in [2.45, 2.75) is 27.2 Å². The number of rotatable bonds is 1. The van der Waals surface area contributed by atoms with Crippen LogP contribution in [0.3, 0.4) is 0 Å². The predicted molar refractivity (Wildman–Crippen MR) is 59.0 cm³/mol. The third-order valence-corrected chi connectivity index (χ3v) is 2.06. The van der Waals surface area contributed by atoms with Crippen LogP contribution >= 0.6 is 11.6 Å². The minimum absolute atomic E-state index is 0.249. The summed E-state index contributed by atoms with van der Waals surface area (Å²) in [5.41, 5.74) is 8.06. The second kappa shape index (κ2) is 3.59. The van der Waals surface area contributed by atoms with E-state index in [2.05, 4.69) is 20.8 Å². The third kappa shape index (κ3) is 3.27. The Kier molecular flexibility index (Phi) is 2.87. The van der Waals surface area contributed by atoms with Gasteiger partial charge < -0.3 is 5.73 Å². The molecule has 0 aromatic heterocycles. The molecule has 13 heavy (non-hydrogen) atoms. The van der Waals surface area contributed by atoms with E-state index in [0.29, 0.717) is 0 Å². The first kappa shape index (κ1) is 10.4. The monoisotopic (exact) mass is 197 g/mol. The number of benzene rings is 1. The maximum atomic E-state index is 5.89. The Labute approximate surface area is 84.9 Å². The zero-order chi connectivity index (χ0) is 10.1. The summed E-state index contributed by atoms with van der Waals surface area (Å²) < 4.78 is 0. The fraction of sp³-hybridized carbons (Fsp3) is 0.455. The lowest BCUT2D eigenvalue weighted by Crippen LogP contribution is -2.10. The summed E-state index contributed by atoms with van der Waals surface area (Å²) >= 11 is 5.89. The standard InChI is InChI=1S/C11H16ClN/c1-11(2,3)7-8-6-9(12)4-5-10(8)13/h4-6H,7,13H2,1-3H3. The minimum Gasteiger partial charge on any atom is -0.399 e. The number of hydrogen-bond acceptors (Lipinski definition) is 1. The molecule has 0 spiro atoms. The van der Waals surface area contributed by atoms with E-state index in [9.17, 15) is 0 Å². The molecule has 0 heterocycles. The molecule has 2 heteroatoms.